The van der Waals surface area contributed by atoms with Gasteiger partial charge >= 0.3 is 0 Å². The van der Waals surface area contributed by atoms with Crippen LogP contribution in [0.2, 0.25) is 0 Å². The molecule has 1 aliphatic rings. The van der Waals surface area contributed by atoms with Crippen molar-refractivity contribution in [1.82, 2.24) is 14.7 Å². The van der Waals surface area contributed by atoms with Gasteiger partial charge in [-0.1, -0.05) is 12.1 Å². The lowest BCUT2D eigenvalue weighted by molar-refractivity contribution is -0.164. The average Bonchev–Trinajstić information content (AvgIpc) is 3.00. The molecule has 0 unspecified atom stereocenters. The number of anilines is 1. The predicted octanol–water partition coefficient (Wildman–Crippen LogP) is 1.65. The van der Waals surface area contributed by atoms with Gasteiger partial charge in [-0.05, 0) is 44.5 Å². The standard InChI is InChI=1S/C20H26N4O4/c1-12(2)24-17(10-25)19(28-11-18(24)26)14-5-7-15(8-6-14)21-20(27)16-9-13(3)23(4)22-16/h5-9,12,17,19,25H,10-11H2,1-4H3,(H,21,27)/t17-,19-/m1/s1. The summed E-state index contributed by atoms with van der Waals surface area (Å²) in [5, 5.41) is 16.8. The molecule has 1 aromatic carbocycles. The van der Waals surface area contributed by atoms with Gasteiger partial charge < -0.3 is 20.1 Å². The van der Waals surface area contributed by atoms with E-state index in [9.17, 15) is 14.7 Å². The van der Waals surface area contributed by atoms with E-state index in [-0.39, 0.29) is 31.1 Å². The molecule has 0 aliphatic carbocycles. The molecule has 8 nitrogen and oxygen atoms in total. The number of carbonyl (C=O) groups excluding carboxylic acids is 2. The van der Waals surface area contributed by atoms with Gasteiger partial charge in [0.25, 0.3) is 5.91 Å². The molecule has 1 fully saturated rings. The summed E-state index contributed by atoms with van der Waals surface area (Å²) in [6, 6.07) is 8.47. The molecule has 0 radical (unpaired) electrons. The Labute approximate surface area is 164 Å². The van der Waals surface area contributed by atoms with Crippen LogP contribution >= 0.6 is 0 Å². The van der Waals surface area contributed by atoms with Crippen molar-refractivity contribution in [1.29, 1.82) is 0 Å². The van der Waals surface area contributed by atoms with Crippen LogP contribution in [0.15, 0.2) is 30.3 Å². The van der Waals surface area contributed by atoms with Crippen LogP contribution in [-0.4, -0.2) is 56.9 Å². The van der Waals surface area contributed by atoms with Crippen molar-refractivity contribution in [2.24, 2.45) is 7.05 Å². The maximum atomic E-state index is 12.3. The van der Waals surface area contributed by atoms with Crippen molar-refractivity contribution in [2.75, 3.05) is 18.5 Å². The quantitative estimate of drug-likeness (QED) is 0.815. The Morgan fingerprint density at radius 1 is 1.36 bits per heavy atom. The molecular weight excluding hydrogens is 360 g/mol. The van der Waals surface area contributed by atoms with Crippen LogP contribution in [0.4, 0.5) is 5.69 Å². The molecule has 1 saturated heterocycles. The highest BCUT2D eigenvalue weighted by Crippen LogP contribution is 2.31. The number of nitrogens with zero attached hydrogens (tertiary/aromatic N) is 3. The van der Waals surface area contributed by atoms with Gasteiger partial charge in [-0.15, -0.1) is 0 Å². The number of ether oxygens (including phenoxy) is 1. The summed E-state index contributed by atoms with van der Waals surface area (Å²) in [5.41, 5.74) is 2.72. The molecule has 2 amide bonds. The fraction of sp³-hybridized carbons (Fsp3) is 0.450. The number of aliphatic hydroxyl groups excluding tert-OH is 1. The zero-order valence-electron chi connectivity index (χ0n) is 16.5. The maximum Gasteiger partial charge on any atom is 0.276 e. The van der Waals surface area contributed by atoms with Crippen molar-refractivity contribution in [2.45, 2.75) is 39.0 Å². The van der Waals surface area contributed by atoms with Gasteiger partial charge in [-0.3, -0.25) is 14.3 Å². The fourth-order valence-corrected chi connectivity index (χ4v) is 3.47. The van der Waals surface area contributed by atoms with Gasteiger partial charge in [0.05, 0.1) is 12.6 Å². The molecule has 2 atom stereocenters. The van der Waals surface area contributed by atoms with Crippen molar-refractivity contribution in [3.05, 3.63) is 47.3 Å². The summed E-state index contributed by atoms with van der Waals surface area (Å²) >= 11 is 0. The Hall–Kier alpha value is -2.71. The van der Waals surface area contributed by atoms with E-state index in [1.54, 1.807) is 34.8 Å². The lowest BCUT2D eigenvalue weighted by atomic mass is 9.98. The van der Waals surface area contributed by atoms with E-state index in [1.807, 2.05) is 32.9 Å². The minimum Gasteiger partial charge on any atom is -0.394 e. The van der Waals surface area contributed by atoms with E-state index in [0.717, 1.165) is 11.3 Å². The molecule has 0 bridgehead atoms. The van der Waals surface area contributed by atoms with Crippen LogP contribution in [0.25, 0.3) is 0 Å². The largest absolute Gasteiger partial charge is 0.394 e. The topological polar surface area (TPSA) is 96.7 Å². The Kier molecular flexibility index (Phi) is 5.81. The number of amides is 2. The van der Waals surface area contributed by atoms with E-state index >= 15 is 0 Å². The van der Waals surface area contributed by atoms with Gasteiger partial charge in [-0.25, -0.2) is 0 Å². The SMILES string of the molecule is Cc1cc(C(=O)Nc2ccc([C@H]3OCC(=O)N(C(C)C)[C@@H]3CO)cc2)nn1C. The molecule has 2 N–H and O–H groups in total. The molecule has 0 spiro atoms. The van der Waals surface area contributed by atoms with E-state index in [0.29, 0.717) is 11.4 Å². The third kappa shape index (κ3) is 3.93. The number of hydrogen-bond acceptors (Lipinski definition) is 5. The van der Waals surface area contributed by atoms with Crippen molar-refractivity contribution in [3.8, 4) is 0 Å². The zero-order chi connectivity index (χ0) is 20.4. The molecule has 3 rings (SSSR count). The smallest absolute Gasteiger partial charge is 0.276 e. The number of benzene rings is 1. The number of morpholine rings is 1. The first kappa shape index (κ1) is 20.0. The average molecular weight is 386 g/mol. The summed E-state index contributed by atoms with van der Waals surface area (Å²) in [7, 11) is 1.79. The van der Waals surface area contributed by atoms with Gasteiger partial charge in [-0.2, -0.15) is 5.10 Å². The minimum absolute atomic E-state index is 0.0170. The van der Waals surface area contributed by atoms with E-state index in [4.69, 9.17) is 4.74 Å². The summed E-state index contributed by atoms with van der Waals surface area (Å²) in [6.45, 7) is 5.51. The maximum absolute atomic E-state index is 12.3. The molecule has 28 heavy (non-hydrogen) atoms. The van der Waals surface area contributed by atoms with E-state index in [2.05, 4.69) is 10.4 Å². The lowest BCUT2D eigenvalue weighted by Crippen LogP contribution is -2.55. The number of aliphatic hydroxyl groups is 1. The summed E-state index contributed by atoms with van der Waals surface area (Å²) in [5.74, 6) is -0.407. The highest BCUT2D eigenvalue weighted by Gasteiger charge is 2.38. The number of carbonyl (C=O) groups is 2. The van der Waals surface area contributed by atoms with Crippen LogP contribution in [-0.2, 0) is 16.6 Å². The number of hydrogen-bond donors (Lipinski definition) is 2. The van der Waals surface area contributed by atoms with Gasteiger partial charge in [0, 0.05) is 24.5 Å². The molecule has 1 aliphatic heterocycles. The Morgan fingerprint density at radius 2 is 2.04 bits per heavy atom. The highest BCUT2D eigenvalue weighted by molar-refractivity contribution is 6.02. The second-order valence-corrected chi connectivity index (χ2v) is 7.25. The van der Waals surface area contributed by atoms with Crippen LogP contribution < -0.4 is 5.32 Å². The van der Waals surface area contributed by atoms with Crippen LogP contribution in [0, 0.1) is 6.92 Å². The van der Waals surface area contributed by atoms with Gasteiger partial charge in [0.15, 0.2) is 5.69 Å². The molecule has 1 aromatic heterocycles. The van der Waals surface area contributed by atoms with Crippen LogP contribution in [0.5, 0.6) is 0 Å². The van der Waals surface area contributed by atoms with Gasteiger partial charge in [0.2, 0.25) is 5.91 Å². The van der Waals surface area contributed by atoms with Crippen LogP contribution in [0.3, 0.4) is 0 Å². The Balaban J connectivity index is 1.74. The fourth-order valence-electron chi connectivity index (χ4n) is 3.47. The first-order valence-electron chi connectivity index (χ1n) is 9.27. The number of rotatable bonds is 5. The second-order valence-electron chi connectivity index (χ2n) is 7.25. The molecule has 150 valence electrons. The Bertz CT molecular complexity index is 840. The predicted molar refractivity (Wildman–Crippen MR) is 104 cm³/mol. The lowest BCUT2D eigenvalue weighted by Gasteiger charge is -2.42. The highest BCUT2D eigenvalue weighted by atomic mass is 16.5. The van der Waals surface area contributed by atoms with Gasteiger partial charge in [0.1, 0.15) is 12.7 Å². The monoisotopic (exact) mass is 386 g/mol. The first-order chi connectivity index (χ1) is 13.3. The third-order valence-corrected chi connectivity index (χ3v) is 4.97. The molecule has 2 aromatic rings. The number of nitrogens with one attached hydrogen (secondary N) is 1. The zero-order valence-corrected chi connectivity index (χ0v) is 16.5. The third-order valence-electron chi connectivity index (χ3n) is 4.97. The summed E-state index contributed by atoms with van der Waals surface area (Å²) in [4.78, 5) is 26.2. The van der Waals surface area contributed by atoms with Crippen molar-refractivity contribution >= 4 is 17.5 Å². The summed E-state index contributed by atoms with van der Waals surface area (Å²) < 4.78 is 7.36. The van der Waals surface area contributed by atoms with E-state index in [1.165, 1.54) is 0 Å². The minimum atomic E-state index is -0.446. The van der Waals surface area contributed by atoms with Crippen LogP contribution in [0.1, 0.15) is 41.7 Å². The first-order valence-corrected chi connectivity index (χ1v) is 9.27. The van der Waals surface area contributed by atoms with E-state index < -0.39 is 12.1 Å². The molecule has 0 saturated carbocycles. The molecule has 8 heteroatoms. The van der Waals surface area contributed by atoms with Crippen molar-refractivity contribution < 1.29 is 19.4 Å². The number of aromatic nitrogens is 2. The normalized spacial score (nSPS) is 19.9. The van der Waals surface area contributed by atoms with Crippen molar-refractivity contribution in [3.63, 3.8) is 0 Å². The number of aryl methyl sites for hydroxylation is 2. The second kappa shape index (κ2) is 8.12. The molecule has 2 heterocycles. The Morgan fingerprint density at radius 3 is 2.57 bits per heavy atom. The summed E-state index contributed by atoms with van der Waals surface area (Å²) in [6.07, 6.45) is -0.423. The molecular formula is C20H26N4O4.